The number of hydrogen-bond acceptors (Lipinski definition) is 2. The van der Waals surface area contributed by atoms with E-state index in [0.717, 1.165) is 3.70 Å². The smallest absolute Gasteiger partial charge is 0.403 e. The van der Waals surface area contributed by atoms with E-state index in [1.807, 2.05) is 23.9 Å². The molecule has 1 aromatic rings. The van der Waals surface area contributed by atoms with E-state index in [1.54, 1.807) is 20.2 Å². The van der Waals surface area contributed by atoms with Crippen LogP contribution in [-0.4, -0.2) is 25.1 Å². The van der Waals surface area contributed by atoms with Crippen molar-refractivity contribution in [3.05, 3.63) is 22.0 Å². The van der Waals surface area contributed by atoms with Gasteiger partial charge in [-0.2, -0.15) is 4.57 Å². The van der Waals surface area contributed by atoms with Crippen molar-refractivity contribution in [2.45, 2.75) is 0 Å². The molecule has 1 aromatic heterocycles. The largest absolute Gasteiger partial charge is 0.414 e. The summed E-state index contributed by atoms with van der Waals surface area (Å²) < 4.78 is 7.92. The van der Waals surface area contributed by atoms with Crippen molar-refractivity contribution in [2.24, 2.45) is 7.05 Å². The molecule has 0 aliphatic carbocycles. The summed E-state index contributed by atoms with van der Waals surface area (Å²) in [7, 11) is 5.20. The van der Waals surface area contributed by atoms with Gasteiger partial charge in [-0.05, 0) is 6.07 Å². The predicted octanol–water partition coefficient (Wildman–Crippen LogP) is 1.18. The highest BCUT2D eigenvalue weighted by molar-refractivity contribution is 14.1. The summed E-state index contributed by atoms with van der Waals surface area (Å²) in [6, 6.07) is 3.60. The van der Waals surface area contributed by atoms with E-state index in [0.29, 0.717) is 5.75 Å². The fraction of sp³-hybridized carbons (Fsp3) is 0.333. The van der Waals surface area contributed by atoms with Gasteiger partial charge in [0.05, 0.1) is 0 Å². The van der Waals surface area contributed by atoms with Crippen molar-refractivity contribution in [3.8, 4) is 5.75 Å². The van der Waals surface area contributed by atoms with E-state index < -0.39 is 0 Å². The van der Waals surface area contributed by atoms with Crippen LogP contribution in [0.3, 0.4) is 0 Å². The lowest BCUT2D eigenvalue weighted by Crippen LogP contribution is -2.33. The number of aryl methyl sites for hydroxylation is 1. The van der Waals surface area contributed by atoms with Gasteiger partial charge in [0.1, 0.15) is 7.05 Å². The highest BCUT2D eigenvalue weighted by Gasteiger charge is 2.15. The molecule has 5 heteroatoms. The van der Waals surface area contributed by atoms with Gasteiger partial charge < -0.3 is 9.64 Å². The zero-order valence-electron chi connectivity index (χ0n) is 8.32. The molecule has 0 bridgehead atoms. The lowest BCUT2D eigenvalue weighted by Gasteiger charge is -2.10. The third kappa shape index (κ3) is 2.57. The lowest BCUT2D eigenvalue weighted by molar-refractivity contribution is -0.684. The first-order valence-corrected chi connectivity index (χ1v) is 5.13. The molecule has 0 saturated heterocycles. The van der Waals surface area contributed by atoms with Gasteiger partial charge in [-0.15, -0.1) is 0 Å². The lowest BCUT2D eigenvalue weighted by atomic mass is 10.4. The first kappa shape index (κ1) is 11.2. The third-order valence-corrected chi connectivity index (χ3v) is 2.93. The number of hydrogen-bond donors (Lipinski definition) is 0. The molecule has 0 fully saturated rings. The van der Waals surface area contributed by atoms with Crippen LogP contribution < -0.4 is 9.30 Å². The molecule has 0 radical (unpaired) electrons. The van der Waals surface area contributed by atoms with Crippen molar-refractivity contribution in [1.82, 2.24) is 4.90 Å². The number of carbonyl (C=O) groups is 1. The fourth-order valence-electron chi connectivity index (χ4n) is 0.829. The van der Waals surface area contributed by atoms with Crippen LogP contribution in [0.5, 0.6) is 5.75 Å². The second-order valence-electron chi connectivity index (χ2n) is 3.04. The van der Waals surface area contributed by atoms with Gasteiger partial charge in [0, 0.05) is 42.8 Å². The van der Waals surface area contributed by atoms with Crippen LogP contribution in [0, 0.1) is 3.70 Å². The summed E-state index contributed by atoms with van der Waals surface area (Å²) in [5.41, 5.74) is 0. The summed E-state index contributed by atoms with van der Waals surface area (Å²) in [4.78, 5) is 12.7. The Morgan fingerprint density at radius 2 is 2.21 bits per heavy atom. The van der Waals surface area contributed by atoms with E-state index in [9.17, 15) is 4.79 Å². The molecular formula is C9H12IN2O2+. The fourth-order valence-corrected chi connectivity index (χ4v) is 1.28. The Bertz CT molecular complexity index is 353. The molecule has 76 valence electrons. The first-order chi connectivity index (χ1) is 6.52. The Balaban J connectivity index is 2.87. The van der Waals surface area contributed by atoms with E-state index in [-0.39, 0.29) is 6.09 Å². The molecule has 0 unspecified atom stereocenters. The SMILES string of the molecule is CN(C)C(=O)Oc1ccc[n+](C)c1I. The Kier molecular flexibility index (Phi) is 3.68. The zero-order valence-corrected chi connectivity index (χ0v) is 10.5. The van der Waals surface area contributed by atoms with Crippen LogP contribution >= 0.6 is 22.6 Å². The van der Waals surface area contributed by atoms with E-state index in [1.165, 1.54) is 4.90 Å². The maximum absolute atomic E-state index is 11.3. The Morgan fingerprint density at radius 1 is 1.57 bits per heavy atom. The minimum Gasteiger partial charge on any atom is -0.403 e. The maximum atomic E-state index is 11.3. The summed E-state index contributed by atoms with van der Waals surface area (Å²) in [5, 5.41) is 0. The van der Waals surface area contributed by atoms with Crippen LogP contribution in [0.4, 0.5) is 4.79 Å². The molecule has 0 aliphatic heterocycles. The molecule has 4 nitrogen and oxygen atoms in total. The normalized spacial score (nSPS) is 9.71. The van der Waals surface area contributed by atoms with Crippen LogP contribution in [0.25, 0.3) is 0 Å². The highest BCUT2D eigenvalue weighted by atomic mass is 127. The monoisotopic (exact) mass is 307 g/mol. The van der Waals surface area contributed by atoms with Crippen LogP contribution in [0.2, 0.25) is 0 Å². The van der Waals surface area contributed by atoms with E-state index >= 15 is 0 Å². The van der Waals surface area contributed by atoms with Crippen LogP contribution in [-0.2, 0) is 7.05 Å². The minimum absolute atomic E-state index is 0.367. The Labute approximate surface area is 96.6 Å². The zero-order chi connectivity index (χ0) is 10.7. The van der Waals surface area contributed by atoms with Gasteiger partial charge in [0.25, 0.3) is 3.70 Å². The van der Waals surface area contributed by atoms with Crippen LogP contribution in [0.1, 0.15) is 0 Å². The molecule has 0 aliphatic rings. The maximum Gasteiger partial charge on any atom is 0.414 e. The number of halogens is 1. The number of pyridine rings is 1. The molecule has 0 aromatic carbocycles. The van der Waals surface area contributed by atoms with Crippen molar-refractivity contribution >= 4 is 28.7 Å². The van der Waals surface area contributed by atoms with E-state index in [2.05, 4.69) is 22.6 Å². The third-order valence-electron chi connectivity index (χ3n) is 1.63. The van der Waals surface area contributed by atoms with Gasteiger partial charge in [0.2, 0.25) is 5.75 Å². The van der Waals surface area contributed by atoms with Crippen molar-refractivity contribution < 1.29 is 14.1 Å². The molecule has 1 rings (SSSR count). The van der Waals surface area contributed by atoms with Gasteiger partial charge >= 0.3 is 6.09 Å². The van der Waals surface area contributed by atoms with Gasteiger partial charge in [-0.3, -0.25) is 0 Å². The quantitative estimate of drug-likeness (QED) is 0.443. The molecule has 0 saturated carbocycles. The second kappa shape index (κ2) is 4.59. The molecule has 1 heterocycles. The average molecular weight is 307 g/mol. The van der Waals surface area contributed by atoms with Crippen LogP contribution in [0.15, 0.2) is 18.3 Å². The number of amides is 1. The van der Waals surface area contributed by atoms with Crippen molar-refractivity contribution in [2.75, 3.05) is 14.1 Å². The van der Waals surface area contributed by atoms with Crippen molar-refractivity contribution in [3.63, 3.8) is 0 Å². The Morgan fingerprint density at radius 3 is 2.79 bits per heavy atom. The standard InChI is InChI=1S/C9H12IN2O2/c1-11(2)9(13)14-7-5-4-6-12(3)8(7)10/h4-6H,1-3H3/q+1. The Hall–Kier alpha value is -0.850. The molecule has 0 spiro atoms. The van der Waals surface area contributed by atoms with Crippen molar-refractivity contribution in [1.29, 1.82) is 0 Å². The average Bonchev–Trinajstić information content (AvgIpc) is 2.12. The molecule has 0 atom stereocenters. The minimum atomic E-state index is -0.367. The summed E-state index contributed by atoms with van der Waals surface area (Å²) in [5.74, 6) is 0.578. The number of aromatic nitrogens is 1. The van der Waals surface area contributed by atoms with Gasteiger partial charge in [-0.1, -0.05) is 0 Å². The summed E-state index contributed by atoms with van der Waals surface area (Å²) >= 11 is 2.13. The molecule has 1 amide bonds. The summed E-state index contributed by atoms with van der Waals surface area (Å²) in [6.45, 7) is 0. The molecular weight excluding hydrogens is 295 g/mol. The van der Waals surface area contributed by atoms with Gasteiger partial charge in [0.15, 0.2) is 6.20 Å². The topological polar surface area (TPSA) is 33.4 Å². The number of nitrogens with zero attached hydrogens (tertiary/aromatic N) is 2. The number of rotatable bonds is 1. The summed E-state index contributed by atoms with van der Waals surface area (Å²) in [6.07, 6.45) is 1.53. The van der Waals surface area contributed by atoms with Gasteiger partial charge in [-0.25, -0.2) is 4.79 Å². The molecule has 0 N–H and O–H groups in total. The molecule has 14 heavy (non-hydrogen) atoms. The number of ether oxygens (including phenoxy) is 1. The highest BCUT2D eigenvalue weighted by Crippen LogP contribution is 2.16. The predicted molar refractivity (Wildman–Crippen MR) is 60.0 cm³/mol. The number of carbonyl (C=O) groups excluding carboxylic acids is 1. The van der Waals surface area contributed by atoms with E-state index in [4.69, 9.17) is 4.74 Å². The first-order valence-electron chi connectivity index (χ1n) is 4.05. The second-order valence-corrected chi connectivity index (χ2v) is 4.06.